The van der Waals surface area contributed by atoms with Gasteiger partial charge >= 0.3 is 0 Å². The number of ether oxygens (including phenoxy) is 1. The van der Waals surface area contributed by atoms with Gasteiger partial charge in [-0.25, -0.2) is 0 Å². The summed E-state index contributed by atoms with van der Waals surface area (Å²) >= 11 is 6.64. The van der Waals surface area contributed by atoms with Gasteiger partial charge < -0.3 is 14.6 Å². The zero-order valence-electron chi connectivity index (χ0n) is 15.5. The first-order valence-corrected chi connectivity index (χ1v) is 10.4. The second-order valence-electron chi connectivity index (χ2n) is 6.90. The van der Waals surface area contributed by atoms with Crippen molar-refractivity contribution in [3.8, 4) is 0 Å². The Kier molecular flexibility index (Phi) is 5.52. The SMILES string of the molecule is COCCN1C(=O)/C(=C/c2cn(CC(=O)NC3CC3)c3ccccc23)SC1=S. The van der Waals surface area contributed by atoms with E-state index in [1.807, 2.05) is 41.1 Å². The maximum Gasteiger partial charge on any atom is 0.266 e. The highest BCUT2D eigenvalue weighted by molar-refractivity contribution is 8.26. The van der Waals surface area contributed by atoms with Gasteiger partial charge in [0.05, 0.1) is 18.1 Å². The number of methoxy groups -OCH3 is 1. The van der Waals surface area contributed by atoms with Crippen molar-refractivity contribution in [2.75, 3.05) is 20.3 Å². The van der Waals surface area contributed by atoms with Crippen LogP contribution in [-0.4, -0.2) is 51.9 Å². The fraction of sp³-hybridized carbons (Fsp3) is 0.350. The van der Waals surface area contributed by atoms with Gasteiger partial charge in [-0.05, 0) is 25.0 Å². The Morgan fingerprint density at radius 1 is 1.39 bits per heavy atom. The molecular weight excluding hydrogens is 394 g/mol. The molecule has 2 aliphatic rings. The summed E-state index contributed by atoms with van der Waals surface area (Å²) in [4.78, 5) is 27.1. The number of hydrogen-bond donors (Lipinski definition) is 1. The Morgan fingerprint density at radius 2 is 2.18 bits per heavy atom. The molecule has 1 aromatic carbocycles. The molecule has 4 rings (SSSR count). The van der Waals surface area contributed by atoms with Gasteiger partial charge in [0.2, 0.25) is 5.91 Å². The second kappa shape index (κ2) is 8.06. The molecule has 2 fully saturated rings. The normalized spacial score (nSPS) is 18.5. The van der Waals surface area contributed by atoms with Crippen molar-refractivity contribution in [2.24, 2.45) is 0 Å². The van der Waals surface area contributed by atoms with E-state index >= 15 is 0 Å². The number of benzene rings is 1. The van der Waals surface area contributed by atoms with Gasteiger partial charge in [0.15, 0.2) is 0 Å². The van der Waals surface area contributed by atoms with Crippen LogP contribution in [0.5, 0.6) is 0 Å². The molecule has 6 nitrogen and oxygen atoms in total. The molecule has 0 radical (unpaired) electrons. The van der Waals surface area contributed by atoms with Gasteiger partial charge in [0.1, 0.15) is 10.9 Å². The zero-order chi connectivity index (χ0) is 19.7. The topological polar surface area (TPSA) is 63.6 Å². The molecule has 0 spiro atoms. The van der Waals surface area contributed by atoms with E-state index in [0.717, 1.165) is 29.3 Å². The summed E-state index contributed by atoms with van der Waals surface area (Å²) in [5.74, 6) is -0.0870. The first-order chi connectivity index (χ1) is 13.6. The van der Waals surface area contributed by atoms with E-state index in [1.54, 1.807) is 12.0 Å². The standard InChI is InChI=1S/C20H21N3O3S2/c1-26-9-8-23-19(25)17(28-20(23)27)10-13-11-22(12-18(24)21-14-6-7-14)16-5-3-2-4-15(13)16/h2-5,10-11,14H,6-9,12H2,1H3,(H,21,24)/b17-10-. The molecule has 2 aromatic rings. The quantitative estimate of drug-likeness (QED) is 0.557. The Morgan fingerprint density at radius 3 is 2.93 bits per heavy atom. The number of thiocarbonyl (C=S) groups is 1. The van der Waals surface area contributed by atoms with Crippen LogP contribution < -0.4 is 5.32 Å². The smallest absolute Gasteiger partial charge is 0.266 e. The first-order valence-electron chi connectivity index (χ1n) is 9.18. The van der Waals surface area contributed by atoms with Crippen molar-refractivity contribution in [1.82, 2.24) is 14.8 Å². The number of nitrogens with zero attached hydrogens (tertiary/aromatic N) is 2. The highest BCUT2D eigenvalue weighted by Crippen LogP contribution is 2.34. The van der Waals surface area contributed by atoms with Gasteiger partial charge in [-0.1, -0.05) is 42.2 Å². The highest BCUT2D eigenvalue weighted by Gasteiger charge is 2.32. The van der Waals surface area contributed by atoms with E-state index < -0.39 is 0 Å². The van der Waals surface area contributed by atoms with E-state index in [9.17, 15) is 9.59 Å². The molecule has 1 saturated heterocycles. The maximum atomic E-state index is 12.7. The Bertz CT molecular complexity index is 978. The largest absolute Gasteiger partial charge is 0.383 e. The predicted molar refractivity (Wildman–Crippen MR) is 115 cm³/mol. The molecule has 1 aliphatic carbocycles. The van der Waals surface area contributed by atoms with Crippen LogP contribution in [0.15, 0.2) is 35.4 Å². The number of fused-ring (bicyclic) bond motifs is 1. The summed E-state index contributed by atoms with van der Waals surface area (Å²) in [5, 5.41) is 4.02. The number of carbonyl (C=O) groups is 2. The van der Waals surface area contributed by atoms with Crippen LogP contribution in [0, 0.1) is 0 Å². The molecule has 0 atom stereocenters. The molecule has 146 valence electrons. The third-order valence-electron chi connectivity index (χ3n) is 4.76. The molecule has 1 N–H and O–H groups in total. The van der Waals surface area contributed by atoms with Crippen molar-refractivity contribution in [1.29, 1.82) is 0 Å². The van der Waals surface area contributed by atoms with E-state index in [4.69, 9.17) is 17.0 Å². The molecular formula is C20H21N3O3S2. The number of rotatable bonds is 7. The highest BCUT2D eigenvalue weighted by atomic mass is 32.2. The Labute approximate surface area is 172 Å². The number of aromatic nitrogens is 1. The zero-order valence-corrected chi connectivity index (χ0v) is 17.1. The number of thioether (sulfide) groups is 1. The molecule has 8 heteroatoms. The predicted octanol–water partition coefficient (Wildman–Crippen LogP) is 2.77. The molecule has 1 aromatic heterocycles. The summed E-state index contributed by atoms with van der Waals surface area (Å²) < 4.78 is 7.54. The van der Waals surface area contributed by atoms with E-state index in [0.29, 0.717) is 28.4 Å². The van der Waals surface area contributed by atoms with E-state index in [-0.39, 0.29) is 18.4 Å². The van der Waals surface area contributed by atoms with Crippen LogP contribution >= 0.6 is 24.0 Å². The summed E-state index contributed by atoms with van der Waals surface area (Å²) in [7, 11) is 1.60. The lowest BCUT2D eigenvalue weighted by molar-refractivity contribution is -0.123. The van der Waals surface area contributed by atoms with E-state index in [2.05, 4.69) is 5.32 Å². The minimum atomic E-state index is -0.102. The minimum absolute atomic E-state index is 0.0145. The van der Waals surface area contributed by atoms with Crippen LogP contribution in [0.1, 0.15) is 18.4 Å². The fourth-order valence-corrected chi connectivity index (χ4v) is 4.49. The van der Waals surface area contributed by atoms with Crippen molar-refractivity contribution >= 4 is 57.1 Å². The monoisotopic (exact) mass is 415 g/mol. The minimum Gasteiger partial charge on any atom is -0.383 e. The summed E-state index contributed by atoms with van der Waals surface area (Å²) in [6.07, 6.45) is 5.92. The van der Waals surface area contributed by atoms with E-state index in [1.165, 1.54) is 11.8 Å². The molecule has 1 saturated carbocycles. The lowest BCUT2D eigenvalue weighted by atomic mass is 10.1. The van der Waals surface area contributed by atoms with Crippen molar-refractivity contribution < 1.29 is 14.3 Å². The van der Waals surface area contributed by atoms with Gasteiger partial charge in [-0.15, -0.1) is 0 Å². The van der Waals surface area contributed by atoms with Crippen LogP contribution in [0.3, 0.4) is 0 Å². The van der Waals surface area contributed by atoms with Gasteiger partial charge in [-0.3, -0.25) is 14.5 Å². The Balaban J connectivity index is 1.61. The summed E-state index contributed by atoms with van der Waals surface area (Å²) in [6.45, 7) is 1.15. The van der Waals surface area contributed by atoms with Crippen LogP contribution in [-0.2, 0) is 20.9 Å². The summed E-state index contributed by atoms with van der Waals surface area (Å²) in [6, 6.07) is 8.23. The maximum absolute atomic E-state index is 12.7. The second-order valence-corrected chi connectivity index (χ2v) is 8.57. The molecule has 2 amide bonds. The lowest BCUT2D eigenvalue weighted by Crippen LogP contribution is -2.31. The number of hydrogen-bond acceptors (Lipinski definition) is 5. The average Bonchev–Trinajstić information content (AvgIpc) is 3.37. The van der Waals surface area contributed by atoms with Crippen molar-refractivity contribution in [2.45, 2.75) is 25.4 Å². The fourth-order valence-electron chi connectivity index (χ4n) is 3.19. The third kappa shape index (κ3) is 3.99. The number of carbonyl (C=O) groups excluding carboxylic acids is 2. The number of nitrogens with one attached hydrogen (secondary N) is 1. The van der Waals surface area contributed by atoms with Crippen LogP contribution in [0.4, 0.5) is 0 Å². The molecule has 0 unspecified atom stereocenters. The molecule has 0 bridgehead atoms. The van der Waals surface area contributed by atoms with Crippen LogP contribution in [0.25, 0.3) is 17.0 Å². The summed E-state index contributed by atoms with van der Waals surface area (Å²) in [5.41, 5.74) is 1.87. The van der Waals surface area contributed by atoms with Crippen molar-refractivity contribution in [3.63, 3.8) is 0 Å². The third-order valence-corrected chi connectivity index (χ3v) is 6.13. The first kappa shape index (κ1) is 19.2. The Hall–Kier alpha value is -2.16. The van der Waals surface area contributed by atoms with Gasteiger partial charge in [0.25, 0.3) is 5.91 Å². The molecule has 1 aliphatic heterocycles. The van der Waals surface area contributed by atoms with Crippen molar-refractivity contribution in [3.05, 3.63) is 40.9 Å². The van der Waals surface area contributed by atoms with Gasteiger partial charge in [0, 0.05) is 35.8 Å². The number of amides is 2. The number of para-hydroxylation sites is 1. The molecule has 28 heavy (non-hydrogen) atoms. The average molecular weight is 416 g/mol. The van der Waals surface area contributed by atoms with Crippen LogP contribution in [0.2, 0.25) is 0 Å². The lowest BCUT2D eigenvalue weighted by Gasteiger charge is -2.12. The molecule has 2 heterocycles. The van der Waals surface area contributed by atoms with Gasteiger partial charge in [-0.2, -0.15) is 0 Å².